The zero-order valence-electron chi connectivity index (χ0n) is 21.1. The van der Waals surface area contributed by atoms with Crippen LogP contribution in [0.2, 0.25) is 0 Å². The first-order chi connectivity index (χ1) is 17.5. The summed E-state index contributed by atoms with van der Waals surface area (Å²) in [5.41, 5.74) is 0.786. The number of ether oxygens (including phenoxy) is 5. The first kappa shape index (κ1) is 25.3. The van der Waals surface area contributed by atoms with Crippen LogP contribution in [0, 0.1) is 12.3 Å². The van der Waals surface area contributed by atoms with Gasteiger partial charge in [-0.2, -0.15) is 0 Å². The van der Waals surface area contributed by atoms with Gasteiger partial charge in [0.05, 0.1) is 50.6 Å². The fraction of sp³-hybridized carbons (Fsp3) is 0.667. The van der Waals surface area contributed by atoms with Gasteiger partial charge >= 0.3 is 0 Å². The van der Waals surface area contributed by atoms with Gasteiger partial charge in [-0.05, 0) is 50.9 Å². The lowest BCUT2D eigenvalue weighted by molar-refractivity contribution is -0.187. The molecule has 2 fully saturated rings. The van der Waals surface area contributed by atoms with Gasteiger partial charge < -0.3 is 39.0 Å². The largest absolute Gasteiger partial charge is 0.493 e. The number of terminal acetylenes is 1. The van der Waals surface area contributed by atoms with Gasteiger partial charge in [-0.3, -0.25) is 4.79 Å². The Labute approximate surface area is 212 Å². The maximum atomic E-state index is 12.8. The Bertz CT molecular complexity index is 1030. The second-order valence-corrected chi connectivity index (χ2v) is 10.2. The molecule has 2 aliphatic carbocycles. The van der Waals surface area contributed by atoms with Gasteiger partial charge in [-0.1, -0.05) is 12.0 Å². The summed E-state index contributed by atoms with van der Waals surface area (Å²) in [5.74, 6) is 3.59. The molecule has 1 aromatic rings. The predicted molar refractivity (Wildman–Crippen MR) is 131 cm³/mol. The first-order valence-electron chi connectivity index (χ1n) is 12.7. The van der Waals surface area contributed by atoms with E-state index in [1.165, 1.54) is 5.56 Å². The molecule has 196 valence electrons. The van der Waals surface area contributed by atoms with Crippen molar-refractivity contribution in [1.29, 1.82) is 0 Å². The van der Waals surface area contributed by atoms with Crippen LogP contribution >= 0.6 is 0 Å². The van der Waals surface area contributed by atoms with E-state index in [1.807, 2.05) is 6.07 Å². The third kappa shape index (κ3) is 3.96. The van der Waals surface area contributed by atoms with Crippen LogP contribution in [0.15, 0.2) is 12.1 Å². The molecule has 1 aromatic carbocycles. The highest BCUT2D eigenvalue weighted by Crippen LogP contribution is 2.65. The summed E-state index contributed by atoms with van der Waals surface area (Å²) in [4.78, 5) is 15.1. The highest BCUT2D eigenvalue weighted by Gasteiger charge is 2.72. The smallest absolute Gasteiger partial charge is 0.246 e. The highest BCUT2D eigenvalue weighted by molar-refractivity contribution is 5.78. The van der Waals surface area contributed by atoms with E-state index in [1.54, 1.807) is 7.11 Å². The molecule has 0 radical (unpaired) electrons. The number of hydrogen-bond acceptors (Lipinski definition) is 8. The number of nitrogens with zero attached hydrogens (tertiary/aromatic N) is 1. The Kier molecular flexibility index (Phi) is 7.16. The third-order valence-corrected chi connectivity index (χ3v) is 8.44. The van der Waals surface area contributed by atoms with Crippen LogP contribution in [-0.2, 0) is 30.8 Å². The molecule has 2 N–H and O–H groups in total. The monoisotopic (exact) mass is 500 g/mol. The Morgan fingerprint density at radius 2 is 2.03 bits per heavy atom. The van der Waals surface area contributed by atoms with Crippen LogP contribution in [-0.4, -0.2) is 100 Å². The minimum absolute atomic E-state index is 0.0150. The molecule has 1 saturated heterocycles. The van der Waals surface area contributed by atoms with Gasteiger partial charge in [0, 0.05) is 11.6 Å². The minimum atomic E-state index is -0.922. The Morgan fingerprint density at radius 1 is 1.25 bits per heavy atom. The molecule has 9 heteroatoms. The molecule has 36 heavy (non-hydrogen) atoms. The van der Waals surface area contributed by atoms with Crippen molar-refractivity contribution in [3.8, 4) is 23.8 Å². The summed E-state index contributed by atoms with van der Waals surface area (Å²) in [6, 6.07) is 3.84. The van der Waals surface area contributed by atoms with Crippen LogP contribution in [0.3, 0.4) is 0 Å². The number of nitrogens with one attached hydrogen (secondary N) is 1. The van der Waals surface area contributed by atoms with Crippen LogP contribution in [0.1, 0.15) is 30.4 Å². The van der Waals surface area contributed by atoms with Gasteiger partial charge in [0.1, 0.15) is 19.3 Å². The number of amides is 1. The Hall–Kier alpha value is -2.35. The van der Waals surface area contributed by atoms with E-state index in [0.29, 0.717) is 45.0 Å². The summed E-state index contributed by atoms with van der Waals surface area (Å²) < 4.78 is 28.3. The quantitative estimate of drug-likeness (QED) is 0.338. The van der Waals surface area contributed by atoms with Gasteiger partial charge in [0.15, 0.2) is 11.5 Å². The Morgan fingerprint density at radius 3 is 2.81 bits per heavy atom. The van der Waals surface area contributed by atoms with Crippen LogP contribution in [0.5, 0.6) is 11.5 Å². The van der Waals surface area contributed by atoms with Gasteiger partial charge in [0.25, 0.3) is 0 Å². The fourth-order valence-electron chi connectivity index (χ4n) is 6.93. The molecule has 2 bridgehead atoms. The van der Waals surface area contributed by atoms with Crippen LogP contribution < -0.4 is 14.8 Å². The molecule has 2 aliphatic heterocycles. The topological polar surface area (TPSA) is 98.7 Å². The molecule has 1 amide bonds. The maximum Gasteiger partial charge on any atom is 0.246 e. The molecule has 1 spiro atoms. The molecule has 4 aliphatic rings. The van der Waals surface area contributed by atoms with Crippen molar-refractivity contribution < 1.29 is 33.6 Å². The maximum absolute atomic E-state index is 12.8. The normalized spacial score (nSPS) is 31.8. The second-order valence-electron chi connectivity index (χ2n) is 10.2. The van der Waals surface area contributed by atoms with E-state index in [-0.39, 0.29) is 37.3 Å². The van der Waals surface area contributed by atoms with E-state index in [0.717, 1.165) is 30.7 Å². The molecular formula is C27H36N2O7. The lowest BCUT2D eigenvalue weighted by atomic mass is 9.48. The van der Waals surface area contributed by atoms with Crippen molar-refractivity contribution >= 4 is 5.91 Å². The molecule has 2 heterocycles. The van der Waals surface area contributed by atoms with E-state index >= 15 is 0 Å². The van der Waals surface area contributed by atoms with Crippen molar-refractivity contribution in [2.24, 2.45) is 0 Å². The predicted octanol–water partition coefficient (Wildman–Crippen LogP) is 0.647. The highest BCUT2D eigenvalue weighted by atomic mass is 16.5. The van der Waals surface area contributed by atoms with Gasteiger partial charge in [-0.25, -0.2) is 0 Å². The summed E-state index contributed by atoms with van der Waals surface area (Å²) >= 11 is 0. The van der Waals surface area contributed by atoms with Crippen molar-refractivity contribution in [3.63, 3.8) is 0 Å². The van der Waals surface area contributed by atoms with E-state index in [2.05, 4.69) is 29.3 Å². The zero-order valence-corrected chi connectivity index (χ0v) is 21.1. The lowest BCUT2D eigenvalue weighted by Crippen LogP contribution is -2.77. The molecule has 1 unspecified atom stereocenters. The standard InChI is InChI=1S/C27H36N2O7/c1-4-11-33-12-13-34-14-15-35-17-22(30)28-19-7-8-27(31)21-16-18-5-6-20(32-3)24-23(18)26(27,25(19)36-24)9-10-29(21)2/h1,5-6,19,21,25,31H,7-17H2,2-3H3,(H,28,30)/t19-,21?,25-,26-,27+/m0/s1. The number of carbonyl (C=O) groups excluding carboxylic acids is 1. The van der Waals surface area contributed by atoms with Crippen molar-refractivity contribution in [2.75, 3.05) is 60.3 Å². The minimum Gasteiger partial charge on any atom is -0.493 e. The molecule has 9 nitrogen and oxygen atoms in total. The van der Waals surface area contributed by atoms with Gasteiger partial charge in [-0.15, -0.1) is 6.42 Å². The second kappa shape index (κ2) is 10.2. The first-order valence-corrected chi connectivity index (χ1v) is 12.7. The number of hydrogen-bond donors (Lipinski definition) is 2. The molecule has 5 rings (SSSR count). The number of likely N-dealkylation sites (tertiary alicyclic amines) is 1. The number of benzene rings is 1. The molecule has 1 saturated carbocycles. The molecule has 0 aromatic heterocycles. The molecular weight excluding hydrogens is 464 g/mol. The summed E-state index contributed by atoms with van der Waals surface area (Å²) in [7, 11) is 3.73. The van der Waals surface area contributed by atoms with Gasteiger partial charge in [0.2, 0.25) is 5.91 Å². The Balaban J connectivity index is 1.25. The van der Waals surface area contributed by atoms with E-state index in [9.17, 15) is 9.90 Å². The lowest BCUT2D eigenvalue weighted by Gasteiger charge is -2.63. The number of rotatable bonds is 11. The number of likely N-dealkylation sites (N-methyl/N-ethyl adjacent to an activating group) is 1. The van der Waals surface area contributed by atoms with E-state index in [4.69, 9.17) is 30.1 Å². The van der Waals surface area contributed by atoms with Crippen LogP contribution in [0.4, 0.5) is 0 Å². The van der Waals surface area contributed by atoms with E-state index < -0.39 is 11.0 Å². The average molecular weight is 501 g/mol. The summed E-state index contributed by atoms with van der Waals surface area (Å²) in [6.45, 7) is 2.58. The molecule has 5 atom stereocenters. The third-order valence-electron chi connectivity index (χ3n) is 8.44. The summed E-state index contributed by atoms with van der Waals surface area (Å²) in [6.07, 6.45) is 7.52. The average Bonchev–Trinajstić information content (AvgIpc) is 3.23. The van der Waals surface area contributed by atoms with Crippen molar-refractivity contribution in [2.45, 2.75) is 54.9 Å². The number of piperidine rings is 1. The zero-order chi connectivity index (χ0) is 25.3. The number of aliphatic hydroxyl groups is 1. The number of methoxy groups -OCH3 is 1. The summed E-state index contributed by atoms with van der Waals surface area (Å²) in [5, 5.41) is 15.4. The van der Waals surface area contributed by atoms with Crippen LogP contribution in [0.25, 0.3) is 0 Å². The SMILES string of the molecule is C#CCOCCOCCOCC(=O)N[C@H]1CC[C@@]2(O)C3Cc4ccc(OC)c5c4[C@@]2(CCN3C)[C@H]1O5. The fourth-order valence-corrected chi connectivity index (χ4v) is 6.93. The van der Waals surface area contributed by atoms with Crippen molar-refractivity contribution in [3.05, 3.63) is 23.3 Å². The number of carbonyl (C=O) groups is 1. The van der Waals surface area contributed by atoms with Crippen molar-refractivity contribution in [1.82, 2.24) is 10.2 Å².